The highest BCUT2D eigenvalue weighted by Gasteiger charge is 2.09. The first kappa shape index (κ1) is 17.4. The molecule has 3 aromatic rings. The lowest BCUT2D eigenvalue weighted by Gasteiger charge is -2.08. The Morgan fingerprint density at radius 2 is 1.80 bits per heavy atom. The van der Waals surface area contributed by atoms with Gasteiger partial charge in [0.05, 0.1) is 17.0 Å². The minimum atomic E-state index is -3.42. The third-order valence-corrected chi connectivity index (χ3v) is 5.07. The average molecular weight is 356 g/mol. The molecular formula is C18H20N4O2S. The van der Waals surface area contributed by atoms with Crippen molar-refractivity contribution < 1.29 is 8.42 Å². The van der Waals surface area contributed by atoms with Gasteiger partial charge in [-0.05, 0) is 62.1 Å². The normalized spacial score (nSPS) is 11.8. The van der Waals surface area contributed by atoms with Crippen LogP contribution in [0.5, 0.6) is 0 Å². The highest BCUT2D eigenvalue weighted by atomic mass is 32.2. The summed E-state index contributed by atoms with van der Waals surface area (Å²) in [4.78, 5) is 13.2. The van der Waals surface area contributed by atoms with Crippen LogP contribution in [0, 0.1) is 13.8 Å². The molecule has 25 heavy (non-hydrogen) atoms. The number of hydrogen-bond donors (Lipinski definition) is 1. The van der Waals surface area contributed by atoms with Crippen LogP contribution in [-0.4, -0.2) is 29.1 Å². The van der Waals surface area contributed by atoms with Gasteiger partial charge in [-0.15, -0.1) is 0 Å². The molecule has 130 valence electrons. The minimum Gasteiger partial charge on any atom is -0.261 e. The highest BCUT2D eigenvalue weighted by molar-refractivity contribution is 7.89. The van der Waals surface area contributed by atoms with E-state index in [9.17, 15) is 8.42 Å². The van der Waals surface area contributed by atoms with Crippen molar-refractivity contribution >= 4 is 20.9 Å². The summed E-state index contributed by atoms with van der Waals surface area (Å²) in [5.74, 6) is -0.0361. The van der Waals surface area contributed by atoms with Crippen LogP contribution < -0.4 is 5.14 Å². The molecule has 0 spiro atoms. The highest BCUT2D eigenvalue weighted by Crippen LogP contribution is 2.27. The predicted octanol–water partition coefficient (Wildman–Crippen LogP) is 2.53. The number of rotatable bonds is 5. The topological polar surface area (TPSA) is 98.8 Å². The van der Waals surface area contributed by atoms with E-state index >= 15 is 0 Å². The quantitative estimate of drug-likeness (QED) is 0.757. The van der Waals surface area contributed by atoms with Gasteiger partial charge in [-0.3, -0.25) is 4.98 Å². The summed E-state index contributed by atoms with van der Waals surface area (Å²) >= 11 is 0. The van der Waals surface area contributed by atoms with Crippen LogP contribution in [-0.2, 0) is 16.4 Å². The molecule has 0 fully saturated rings. The molecule has 0 bridgehead atoms. The van der Waals surface area contributed by atoms with Crippen molar-refractivity contribution in [1.29, 1.82) is 0 Å². The summed E-state index contributed by atoms with van der Waals surface area (Å²) in [5.41, 5.74) is 5.88. The lowest BCUT2D eigenvalue weighted by atomic mass is 10.0. The van der Waals surface area contributed by atoms with E-state index in [0.29, 0.717) is 12.8 Å². The van der Waals surface area contributed by atoms with Crippen molar-refractivity contribution in [2.45, 2.75) is 26.7 Å². The van der Waals surface area contributed by atoms with Gasteiger partial charge in [-0.25, -0.2) is 23.5 Å². The second kappa shape index (κ2) is 6.85. The molecule has 2 aromatic heterocycles. The van der Waals surface area contributed by atoms with Gasteiger partial charge >= 0.3 is 0 Å². The van der Waals surface area contributed by atoms with Crippen LogP contribution in [0.15, 0.2) is 36.8 Å². The lowest BCUT2D eigenvalue weighted by molar-refractivity contribution is 0.594. The lowest BCUT2D eigenvalue weighted by Crippen LogP contribution is -2.16. The Bertz CT molecular complexity index is 1020. The fraction of sp³-hybridized carbons (Fsp3) is 0.278. The smallest absolute Gasteiger partial charge is 0.209 e. The second-order valence-electron chi connectivity index (χ2n) is 6.18. The van der Waals surface area contributed by atoms with E-state index < -0.39 is 10.0 Å². The van der Waals surface area contributed by atoms with Crippen LogP contribution >= 0.6 is 0 Å². The van der Waals surface area contributed by atoms with E-state index in [1.165, 1.54) is 11.1 Å². The zero-order valence-corrected chi connectivity index (χ0v) is 15.0. The molecule has 0 radical (unpaired) electrons. The Balaban J connectivity index is 1.87. The number of nitrogens with two attached hydrogens (primary N) is 1. The molecule has 0 aliphatic rings. The van der Waals surface area contributed by atoms with E-state index in [0.717, 1.165) is 27.9 Å². The maximum atomic E-state index is 11.0. The van der Waals surface area contributed by atoms with Gasteiger partial charge in [0.1, 0.15) is 6.33 Å². The summed E-state index contributed by atoms with van der Waals surface area (Å²) in [7, 11) is -3.42. The van der Waals surface area contributed by atoms with Crippen LogP contribution in [0.25, 0.3) is 22.2 Å². The van der Waals surface area contributed by atoms with Gasteiger partial charge < -0.3 is 0 Å². The number of aromatic nitrogens is 3. The summed E-state index contributed by atoms with van der Waals surface area (Å²) in [6.07, 6.45) is 4.36. The van der Waals surface area contributed by atoms with Crippen molar-refractivity contribution in [2.24, 2.45) is 5.14 Å². The number of benzene rings is 1. The molecule has 0 unspecified atom stereocenters. The molecule has 0 amide bonds. The Morgan fingerprint density at radius 3 is 2.48 bits per heavy atom. The number of sulfonamides is 1. The Hall–Kier alpha value is -2.38. The average Bonchev–Trinajstić information content (AvgIpc) is 2.55. The third-order valence-electron chi connectivity index (χ3n) is 4.21. The fourth-order valence-corrected chi connectivity index (χ4v) is 3.26. The number of nitrogens with zero attached hydrogens (tertiary/aromatic N) is 3. The first-order chi connectivity index (χ1) is 11.8. The van der Waals surface area contributed by atoms with Crippen LogP contribution in [0.2, 0.25) is 0 Å². The molecule has 0 saturated heterocycles. The first-order valence-electron chi connectivity index (χ1n) is 8.01. The number of hydrogen-bond acceptors (Lipinski definition) is 5. The standard InChI is InChI=1S/C18H20N4O2S/c1-12-8-16-17(9-13(12)2)21-11-22-18(16)14-5-6-15(20-10-14)4-3-7-25(19,23)24/h5-6,8-11H,3-4,7H2,1-2H3,(H2,19,23,24). The summed E-state index contributed by atoms with van der Waals surface area (Å²) in [6, 6.07) is 8.01. The summed E-state index contributed by atoms with van der Waals surface area (Å²) in [5, 5.41) is 6.01. The Morgan fingerprint density at radius 1 is 1.04 bits per heavy atom. The molecule has 3 rings (SSSR count). The monoisotopic (exact) mass is 356 g/mol. The number of pyridine rings is 1. The molecular weight excluding hydrogens is 336 g/mol. The van der Waals surface area contributed by atoms with Gasteiger partial charge in [0.15, 0.2) is 0 Å². The third kappa shape index (κ3) is 4.18. The molecule has 0 aliphatic heterocycles. The molecule has 0 aliphatic carbocycles. The van der Waals surface area contributed by atoms with Crippen molar-refractivity contribution in [3.05, 3.63) is 53.6 Å². The van der Waals surface area contributed by atoms with E-state index in [2.05, 4.69) is 40.9 Å². The minimum absolute atomic E-state index is 0.0361. The van der Waals surface area contributed by atoms with E-state index in [1.807, 2.05) is 12.1 Å². The van der Waals surface area contributed by atoms with E-state index in [-0.39, 0.29) is 5.75 Å². The van der Waals surface area contributed by atoms with E-state index in [1.54, 1.807) is 12.5 Å². The second-order valence-corrected chi connectivity index (χ2v) is 7.92. The zero-order chi connectivity index (χ0) is 18.0. The van der Waals surface area contributed by atoms with Gasteiger partial charge in [0, 0.05) is 22.8 Å². The summed E-state index contributed by atoms with van der Waals surface area (Å²) in [6.45, 7) is 4.13. The van der Waals surface area contributed by atoms with Crippen molar-refractivity contribution in [3.63, 3.8) is 0 Å². The van der Waals surface area contributed by atoms with Crippen LogP contribution in [0.1, 0.15) is 23.2 Å². The van der Waals surface area contributed by atoms with Crippen LogP contribution in [0.4, 0.5) is 0 Å². The molecule has 0 saturated carbocycles. The van der Waals surface area contributed by atoms with Gasteiger partial charge in [0.25, 0.3) is 0 Å². The first-order valence-corrected chi connectivity index (χ1v) is 9.73. The Kier molecular flexibility index (Phi) is 4.78. The number of aryl methyl sites for hydroxylation is 3. The van der Waals surface area contributed by atoms with Gasteiger partial charge in [0.2, 0.25) is 10.0 Å². The van der Waals surface area contributed by atoms with Gasteiger partial charge in [-0.2, -0.15) is 0 Å². The van der Waals surface area contributed by atoms with Crippen molar-refractivity contribution in [3.8, 4) is 11.3 Å². The van der Waals surface area contributed by atoms with Gasteiger partial charge in [-0.1, -0.05) is 0 Å². The Labute approximate surface area is 147 Å². The molecule has 2 heterocycles. The van der Waals surface area contributed by atoms with Crippen molar-refractivity contribution in [1.82, 2.24) is 15.0 Å². The number of primary sulfonamides is 1. The number of fused-ring (bicyclic) bond motifs is 1. The maximum Gasteiger partial charge on any atom is 0.209 e. The largest absolute Gasteiger partial charge is 0.261 e. The molecule has 0 atom stereocenters. The molecule has 6 nitrogen and oxygen atoms in total. The van der Waals surface area contributed by atoms with Crippen molar-refractivity contribution in [2.75, 3.05) is 5.75 Å². The maximum absolute atomic E-state index is 11.0. The zero-order valence-electron chi connectivity index (χ0n) is 14.2. The summed E-state index contributed by atoms with van der Waals surface area (Å²) < 4.78 is 22.0. The molecule has 1 aromatic carbocycles. The molecule has 2 N–H and O–H groups in total. The SMILES string of the molecule is Cc1cc2ncnc(-c3ccc(CCCS(N)(=O)=O)nc3)c2cc1C. The molecule has 7 heteroatoms. The van der Waals surface area contributed by atoms with Crippen LogP contribution in [0.3, 0.4) is 0 Å². The fourth-order valence-electron chi connectivity index (χ4n) is 2.71. The van der Waals surface area contributed by atoms with E-state index in [4.69, 9.17) is 5.14 Å². The predicted molar refractivity (Wildman–Crippen MR) is 98.5 cm³/mol.